The molecule has 1 aromatic heterocycles. The summed E-state index contributed by atoms with van der Waals surface area (Å²) >= 11 is 0. The van der Waals surface area contributed by atoms with Gasteiger partial charge in [-0.15, -0.1) is 10.2 Å². The Labute approximate surface area is 126 Å². The second-order valence-corrected chi connectivity index (χ2v) is 4.68. The van der Waals surface area contributed by atoms with Crippen molar-refractivity contribution in [3.8, 4) is 11.4 Å². The number of amides is 1. The van der Waals surface area contributed by atoms with Crippen LogP contribution in [-0.4, -0.2) is 26.1 Å². The summed E-state index contributed by atoms with van der Waals surface area (Å²) in [6.45, 7) is -0.00311. The molecular formula is C15H14N6O. The van der Waals surface area contributed by atoms with Crippen molar-refractivity contribution in [2.75, 3.05) is 11.1 Å². The van der Waals surface area contributed by atoms with E-state index in [4.69, 9.17) is 5.73 Å². The number of hydrogen-bond donors (Lipinski definition) is 2. The Morgan fingerprint density at radius 3 is 2.55 bits per heavy atom. The summed E-state index contributed by atoms with van der Waals surface area (Å²) in [6, 6.07) is 16.3. The number of carbonyl (C=O) groups excluding carboxylic acids is 1. The van der Waals surface area contributed by atoms with E-state index in [1.54, 1.807) is 24.3 Å². The number of benzene rings is 2. The van der Waals surface area contributed by atoms with Crippen LogP contribution in [0.15, 0.2) is 54.6 Å². The second-order valence-electron chi connectivity index (χ2n) is 4.68. The number of tetrazole rings is 1. The third kappa shape index (κ3) is 3.26. The highest BCUT2D eigenvalue weighted by Crippen LogP contribution is 2.15. The van der Waals surface area contributed by atoms with Gasteiger partial charge in [0.2, 0.25) is 11.7 Å². The van der Waals surface area contributed by atoms with Gasteiger partial charge < -0.3 is 11.1 Å². The Balaban J connectivity index is 1.66. The normalized spacial score (nSPS) is 10.4. The van der Waals surface area contributed by atoms with Gasteiger partial charge in [-0.25, -0.2) is 0 Å². The van der Waals surface area contributed by atoms with E-state index in [2.05, 4.69) is 20.7 Å². The van der Waals surface area contributed by atoms with Crippen LogP contribution in [0.5, 0.6) is 0 Å². The van der Waals surface area contributed by atoms with Crippen LogP contribution in [0.1, 0.15) is 0 Å². The third-order valence-corrected chi connectivity index (χ3v) is 2.96. The average Bonchev–Trinajstić information content (AvgIpc) is 2.97. The maximum Gasteiger partial charge on any atom is 0.248 e. The maximum absolute atomic E-state index is 11.9. The molecule has 3 rings (SSSR count). The van der Waals surface area contributed by atoms with Gasteiger partial charge in [0.05, 0.1) is 0 Å². The molecule has 0 aliphatic heterocycles. The van der Waals surface area contributed by atoms with Gasteiger partial charge in [0, 0.05) is 16.9 Å². The van der Waals surface area contributed by atoms with Crippen molar-refractivity contribution in [2.45, 2.75) is 6.54 Å². The lowest BCUT2D eigenvalue weighted by molar-refractivity contribution is -0.117. The molecule has 1 amide bonds. The lowest BCUT2D eigenvalue weighted by Gasteiger charge is -2.03. The lowest BCUT2D eigenvalue weighted by atomic mass is 10.2. The van der Waals surface area contributed by atoms with Gasteiger partial charge in [0.1, 0.15) is 6.54 Å². The van der Waals surface area contributed by atoms with Crippen LogP contribution in [0.2, 0.25) is 0 Å². The summed E-state index contributed by atoms with van der Waals surface area (Å²) in [4.78, 5) is 13.2. The topological polar surface area (TPSA) is 98.7 Å². The zero-order valence-electron chi connectivity index (χ0n) is 11.7. The molecule has 0 fully saturated rings. The van der Waals surface area contributed by atoms with Crippen molar-refractivity contribution in [1.82, 2.24) is 20.2 Å². The number of rotatable bonds is 4. The lowest BCUT2D eigenvalue weighted by Crippen LogP contribution is -2.20. The van der Waals surface area contributed by atoms with E-state index in [-0.39, 0.29) is 12.5 Å². The summed E-state index contributed by atoms with van der Waals surface area (Å²) in [5.74, 6) is 0.236. The summed E-state index contributed by atoms with van der Waals surface area (Å²) < 4.78 is 0. The van der Waals surface area contributed by atoms with E-state index in [1.807, 2.05) is 30.3 Å². The fourth-order valence-electron chi connectivity index (χ4n) is 1.91. The fourth-order valence-corrected chi connectivity index (χ4v) is 1.91. The highest BCUT2D eigenvalue weighted by Gasteiger charge is 2.09. The maximum atomic E-state index is 11.9. The van der Waals surface area contributed by atoms with E-state index < -0.39 is 0 Å². The molecular weight excluding hydrogens is 280 g/mol. The first kappa shape index (κ1) is 13.7. The number of aromatic nitrogens is 4. The Hall–Kier alpha value is -3.22. The number of para-hydroxylation sites is 1. The molecule has 0 aliphatic carbocycles. The highest BCUT2D eigenvalue weighted by molar-refractivity contribution is 5.90. The van der Waals surface area contributed by atoms with Crippen LogP contribution in [0, 0.1) is 0 Å². The van der Waals surface area contributed by atoms with Crippen molar-refractivity contribution >= 4 is 17.3 Å². The van der Waals surface area contributed by atoms with Gasteiger partial charge in [-0.3, -0.25) is 4.79 Å². The van der Waals surface area contributed by atoms with Crippen LogP contribution < -0.4 is 11.1 Å². The standard InChI is InChI=1S/C15H14N6O/c16-12-8-6-11(7-9-12)15-18-20-21(19-15)10-14(22)17-13-4-2-1-3-5-13/h1-9H,10,16H2,(H,17,22). The smallest absolute Gasteiger partial charge is 0.248 e. The van der Waals surface area contributed by atoms with Crippen molar-refractivity contribution in [2.24, 2.45) is 0 Å². The molecule has 0 saturated heterocycles. The molecule has 0 atom stereocenters. The first-order valence-electron chi connectivity index (χ1n) is 6.69. The third-order valence-electron chi connectivity index (χ3n) is 2.96. The van der Waals surface area contributed by atoms with Gasteiger partial charge in [-0.1, -0.05) is 18.2 Å². The van der Waals surface area contributed by atoms with Crippen LogP contribution in [0.4, 0.5) is 11.4 Å². The first-order valence-corrected chi connectivity index (χ1v) is 6.69. The van der Waals surface area contributed by atoms with E-state index in [0.29, 0.717) is 11.5 Å². The predicted molar refractivity (Wildman–Crippen MR) is 82.7 cm³/mol. The number of anilines is 2. The minimum Gasteiger partial charge on any atom is -0.399 e. The Kier molecular flexibility index (Phi) is 3.78. The SMILES string of the molecule is Nc1ccc(-c2nnn(CC(=O)Nc3ccccc3)n2)cc1. The zero-order valence-corrected chi connectivity index (χ0v) is 11.7. The Bertz CT molecular complexity index is 766. The molecule has 2 aromatic carbocycles. The van der Waals surface area contributed by atoms with Crippen molar-refractivity contribution in [1.29, 1.82) is 0 Å². The van der Waals surface area contributed by atoms with Crippen molar-refractivity contribution in [3.05, 3.63) is 54.6 Å². The number of nitrogens with one attached hydrogen (secondary N) is 1. The van der Waals surface area contributed by atoms with Gasteiger partial charge in [0.15, 0.2) is 0 Å². The summed E-state index contributed by atoms with van der Waals surface area (Å²) in [7, 11) is 0. The molecule has 22 heavy (non-hydrogen) atoms. The number of carbonyl (C=O) groups is 1. The minimum atomic E-state index is -0.215. The quantitative estimate of drug-likeness (QED) is 0.711. The Morgan fingerprint density at radius 2 is 1.82 bits per heavy atom. The molecule has 0 unspecified atom stereocenters. The van der Waals surface area contributed by atoms with E-state index in [1.165, 1.54) is 4.80 Å². The van der Waals surface area contributed by atoms with Gasteiger partial charge in [-0.05, 0) is 41.6 Å². The van der Waals surface area contributed by atoms with Crippen molar-refractivity contribution < 1.29 is 4.79 Å². The van der Waals surface area contributed by atoms with E-state index in [9.17, 15) is 4.79 Å². The fraction of sp³-hybridized carbons (Fsp3) is 0.0667. The molecule has 3 aromatic rings. The number of nitrogens with zero attached hydrogens (tertiary/aromatic N) is 4. The molecule has 0 saturated carbocycles. The highest BCUT2D eigenvalue weighted by atomic mass is 16.2. The first-order chi connectivity index (χ1) is 10.7. The van der Waals surface area contributed by atoms with Gasteiger partial charge >= 0.3 is 0 Å². The molecule has 0 bridgehead atoms. The van der Waals surface area contributed by atoms with Crippen LogP contribution in [0.3, 0.4) is 0 Å². The van der Waals surface area contributed by atoms with Crippen LogP contribution in [0.25, 0.3) is 11.4 Å². The summed E-state index contributed by atoms with van der Waals surface area (Å²) in [5, 5.41) is 14.8. The number of nitrogens with two attached hydrogens (primary N) is 1. The molecule has 7 nitrogen and oxygen atoms in total. The average molecular weight is 294 g/mol. The van der Waals surface area contributed by atoms with Crippen LogP contribution in [-0.2, 0) is 11.3 Å². The summed E-state index contributed by atoms with van der Waals surface area (Å²) in [5.41, 5.74) is 7.82. The predicted octanol–water partition coefficient (Wildman–Crippen LogP) is 1.56. The zero-order chi connectivity index (χ0) is 15.4. The molecule has 3 N–H and O–H groups in total. The summed E-state index contributed by atoms with van der Waals surface area (Å²) in [6.07, 6.45) is 0. The molecule has 0 spiro atoms. The molecule has 0 aliphatic rings. The largest absolute Gasteiger partial charge is 0.399 e. The molecule has 0 radical (unpaired) electrons. The second kappa shape index (κ2) is 6.04. The van der Waals surface area contributed by atoms with E-state index in [0.717, 1.165) is 11.3 Å². The van der Waals surface area contributed by atoms with Gasteiger partial charge in [0.25, 0.3) is 0 Å². The van der Waals surface area contributed by atoms with Gasteiger partial charge in [-0.2, -0.15) is 4.80 Å². The Morgan fingerprint density at radius 1 is 1.09 bits per heavy atom. The number of nitrogen functional groups attached to an aromatic ring is 1. The molecule has 1 heterocycles. The number of hydrogen-bond acceptors (Lipinski definition) is 5. The molecule has 7 heteroatoms. The molecule has 110 valence electrons. The monoisotopic (exact) mass is 294 g/mol. The minimum absolute atomic E-state index is 0.00311. The van der Waals surface area contributed by atoms with E-state index >= 15 is 0 Å². The van der Waals surface area contributed by atoms with Crippen LogP contribution >= 0.6 is 0 Å². The van der Waals surface area contributed by atoms with Crippen molar-refractivity contribution in [3.63, 3.8) is 0 Å².